The molecule has 1 atom stereocenters. The molecule has 0 aliphatic carbocycles. The molecule has 2 aliphatic rings. The zero-order valence-corrected chi connectivity index (χ0v) is 14.3. The fourth-order valence-corrected chi connectivity index (χ4v) is 3.37. The van der Waals surface area contributed by atoms with Crippen molar-refractivity contribution < 1.29 is 19.1 Å². The topological polar surface area (TPSA) is 87.8 Å². The lowest BCUT2D eigenvalue weighted by Crippen LogP contribution is -2.61. The van der Waals surface area contributed by atoms with Gasteiger partial charge in [0, 0.05) is 18.4 Å². The molecule has 2 amide bonds. The normalized spacial score (nSPS) is 23.9. The number of hydrogen-bond acceptors (Lipinski definition) is 5. The van der Waals surface area contributed by atoms with E-state index in [1.54, 1.807) is 22.1 Å². The van der Waals surface area contributed by atoms with E-state index in [-0.39, 0.29) is 18.4 Å². The number of carbonyl (C=O) groups is 2. The second kappa shape index (κ2) is 6.89. The molecule has 136 valence electrons. The van der Waals surface area contributed by atoms with Gasteiger partial charge in [-0.05, 0) is 18.2 Å². The maximum Gasteiger partial charge on any atom is 0.272 e. The molecule has 26 heavy (non-hydrogen) atoms. The molecule has 3 heterocycles. The minimum Gasteiger partial charge on any atom is -0.376 e. The Morgan fingerprint density at radius 3 is 2.81 bits per heavy atom. The lowest BCUT2D eigenvalue weighted by atomic mass is 10.0. The number of para-hydroxylation sites is 1. The number of nitrogens with one attached hydrogen (secondary N) is 1. The van der Waals surface area contributed by atoms with E-state index in [1.165, 1.54) is 0 Å². The molecule has 2 fully saturated rings. The average Bonchev–Trinajstić information content (AvgIpc) is 3.13. The quantitative estimate of drug-likeness (QED) is 0.855. The van der Waals surface area contributed by atoms with Gasteiger partial charge in [0.05, 0.1) is 26.3 Å². The summed E-state index contributed by atoms with van der Waals surface area (Å²) in [5, 5.41) is 6.54. The molecule has 2 saturated heterocycles. The number of amides is 2. The highest BCUT2D eigenvalue weighted by atomic mass is 16.6. The van der Waals surface area contributed by atoms with Crippen LogP contribution in [0.15, 0.2) is 42.6 Å². The molecule has 1 aromatic heterocycles. The Bertz CT molecular complexity index is 780. The molecule has 0 unspecified atom stereocenters. The van der Waals surface area contributed by atoms with Crippen molar-refractivity contribution in [3.8, 4) is 0 Å². The summed E-state index contributed by atoms with van der Waals surface area (Å²) in [5.41, 5.74) is 0.486. The van der Waals surface area contributed by atoms with Crippen LogP contribution in [0.1, 0.15) is 10.5 Å². The van der Waals surface area contributed by atoms with Crippen molar-refractivity contribution in [2.75, 3.05) is 44.4 Å². The number of H-pyrrole nitrogens is 1. The van der Waals surface area contributed by atoms with Gasteiger partial charge < -0.3 is 19.3 Å². The number of nitrogens with zero attached hydrogens (tertiary/aromatic N) is 3. The van der Waals surface area contributed by atoms with Gasteiger partial charge in [-0.1, -0.05) is 18.2 Å². The predicted octanol–water partition coefficient (Wildman–Crippen LogP) is 0.684. The van der Waals surface area contributed by atoms with Crippen LogP contribution < -0.4 is 4.90 Å². The van der Waals surface area contributed by atoms with Gasteiger partial charge in [-0.15, -0.1) is 0 Å². The number of hydrogen-bond donors (Lipinski definition) is 1. The van der Waals surface area contributed by atoms with Crippen molar-refractivity contribution in [2.24, 2.45) is 0 Å². The summed E-state index contributed by atoms with van der Waals surface area (Å²) in [4.78, 5) is 28.5. The first-order valence-electron chi connectivity index (χ1n) is 8.53. The number of anilines is 1. The maximum atomic E-state index is 12.7. The lowest BCUT2D eigenvalue weighted by Gasteiger charge is -2.42. The summed E-state index contributed by atoms with van der Waals surface area (Å²) in [6.45, 7) is 1.86. The molecular formula is C18H20N4O4. The average molecular weight is 356 g/mol. The highest BCUT2D eigenvalue weighted by Gasteiger charge is 2.44. The second-order valence-electron chi connectivity index (χ2n) is 6.54. The standard InChI is InChI=1S/C18H20N4O4/c23-16-10-26-18(12-22(16)14-4-2-1-3-5-14)11-21(8-9-25-13-18)17(24)15-6-7-19-20-15/h1-7H,8-13H2,(H,19,20)/t18-/m1/s1. The fraction of sp³-hybridized carbons (Fsp3) is 0.389. The minimum absolute atomic E-state index is 0.0374. The Labute approximate surface area is 150 Å². The molecule has 1 aromatic carbocycles. The third-order valence-corrected chi connectivity index (χ3v) is 4.69. The lowest BCUT2D eigenvalue weighted by molar-refractivity contribution is -0.145. The molecule has 4 rings (SSSR count). The Morgan fingerprint density at radius 2 is 2.04 bits per heavy atom. The summed E-state index contributed by atoms with van der Waals surface area (Å²) in [6, 6.07) is 11.1. The van der Waals surface area contributed by atoms with Crippen LogP contribution >= 0.6 is 0 Å². The van der Waals surface area contributed by atoms with Gasteiger partial charge >= 0.3 is 0 Å². The van der Waals surface area contributed by atoms with Crippen LogP contribution in [0.25, 0.3) is 0 Å². The summed E-state index contributed by atoms with van der Waals surface area (Å²) in [5.74, 6) is -0.253. The van der Waals surface area contributed by atoms with Gasteiger partial charge in [-0.2, -0.15) is 5.10 Å². The highest BCUT2D eigenvalue weighted by Crippen LogP contribution is 2.27. The number of morpholine rings is 1. The predicted molar refractivity (Wildman–Crippen MR) is 92.8 cm³/mol. The molecule has 0 saturated carbocycles. The second-order valence-corrected chi connectivity index (χ2v) is 6.54. The van der Waals surface area contributed by atoms with Gasteiger partial charge in [-0.3, -0.25) is 14.7 Å². The fourth-order valence-electron chi connectivity index (χ4n) is 3.37. The zero-order valence-electron chi connectivity index (χ0n) is 14.3. The molecule has 2 aromatic rings. The van der Waals surface area contributed by atoms with Crippen molar-refractivity contribution >= 4 is 17.5 Å². The van der Waals surface area contributed by atoms with E-state index in [0.29, 0.717) is 38.5 Å². The van der Waals surface area contributed by atoms with Crippen molar-refractivity contribution in [3.63, 3.8) is 0 Å². The Balaban J connectivity index is 1.57. The first-order valence-corrected chi connectivity index (χ1v) is 8.53. The molecular weight excluding hydrogens is 336 g/mol. The van der Waals surface area contributed by atoms with E-state index in [2.05, 4.69) is 10.2 Å². The summed E-state index contributed by atoms with van der Waals surface area (Å²) < 4.78 is 11.6. The van der Waals surface area contributed by atoms with Crippen molar-refractivity contribution in [1.29, 1.82) is 0 Å². The van der Waals surface area contributed by atoms with Crippen LogP contribution in [0.3, 0.4) is 0 Å². The van der Waals surface area contributed by atoms with Crippen molar-refractivity contribution in [1.82, 2.24) is 15.1 Å². The molecule has 0 radical (unpaired) electrons. The largest absolute Gasteiger partial charge is 0.376 e. The van der Waals surface area contributed by atoms with Crippen LogP contribution in [-0.2, 0) is 14.3 Å². The van der Waals surface area contributed by atoms with E-state index in [0.717, 1.165) is 5.69 Å². The summed E-state index contributed by atoms with van der Waals surface area (Å²) >= 11 is 0. The van der Waals surface area contributed by atoms with E-state index in [1.807, 2.05) is 30.3 Å². The molecule has 1 N–H and O–H groups in total. The first-order chi connectivity index (χ1) is 12.7. The Morgan fingerprint density at radius 1 is 1.19 bits per heavy atom. The summed E-state index contributed by atoms with van der Waals surface area (Å²) in [6.07, 6.45) is 1.55. The maximum absolute atomic E-state index is 12.7. The molecule has 8 heteroatoms. The van der Waals surface area contributed by atoms with Gasteiger partial charge in [0.15, 0.2) is 0 Å². The number of benzene rings is 1. The van der Waals surface area contributed by atoms with Gasteiger partial charge in [0.1, 0.15) is 17.9 Å². The minimum atomic E-state index is -0.754. The third-order valence-electron chi connectivity index (χ3n) is 4.69. The Hall–Kier alpha value is -2.71. The number of aromatic nitrogens is 2. The van der Waals surface area contributed by atoms with Gasteiger partial charge in [0.2, 0.25) is 0 Å². The van der Waals surface area contributed by atoms with Crippen LogP contribution in [0, 0.1) is 0 Å². The molecule has 1 spiro atoms. The smallest absolute Gasteiger partial charge is 0.272 e. The van der Waals surface area contributed by atoms with Crippen LogP contribution in [0.5, 0.6) is 0 Å². The monoisotopic (exact) mass is 356 g/mol. The van der Waals surface area contributed by atoms with Gasteiger partial charge in [-0.25, -0.2) is 0 Å². The number of carbonyl (C=O) groups excluding carboxylic acids is 2. The van der Waals surface area contributed by atoms with Crippen LogP contribution in [0.4, 0.5) is 5.69 Å². The molecule has 8 nitrogen and oxygen atoms in total. The zero-order chi connectivity index (χ0) is 18.0. The van der Waals surface area contributed by atoms with Crippen LogP contribution in [-0.4, -0.2) is 72.0 Å². The Kier molecular flexibility index (Phi) is 4.44. The van der Waals surface area contributed by atoms with E-state index < -0.39 is 5.60 Å². The van der Waals surface area contributed by atoms with Crippen LogP contribution in [0.2, 0.25) is 0 Å². The number of rotatable bonds is 2. The highest BCUT2D eigenvalue weighted by molar-refractivity contribution is 5.95. The van der Waals surface area contributed by atoms with Crippen molar-refractivity contribution in [2.45, 2.75) is 5.60 Å². The third kappa shape index (κ3) is 3.21. The SMILES string of the molecule is O=C(c1ccn[nH]1)N1CCOC[C@@]2(C1)CN(c1ccccc1)C(=O)CO2. The van der Waals surface area contributed by atoms with E-state index in [9.17, 15) is 9.59 Å². The number of aromatic amines is 1. The first kappa shape index (κ1) is 16.7. The molecule has 0 bridgehead atoms. The van der Waals surface area contributed by atoms with E-state index in [4.69, 9.17) is 9.47 Å². The molecule has 2 aliphatic heterocycles. The van der Waals surface area contributed by atoms with Gasteiger partial charge in [0.25, 0.3) is 11.8 Å². The number of ether oxygens (including phenoxy) is 2. The van der Waals surface area contributed by atoms with E-state index >= 15 is 0 Å². The summed E-state index contributed by atoms with van der Waals surface area (Å²) in [7, 11) is 0. The van der Waals surface area contributed by atoms with Crippen molar-refractivity contribution in [3.05, 3.63) is 48.3 Å².